The Morgan fingerprint density at radius 1 is 1.14 bits per heavy atom. The van der Waals surface area contributed by atoms with Crippen LogP contribution in [0.3, 0.4) is 0 Å². The Kier molecular flexibility index (Phi) is 6.56. The third kappa shape index (κ3) is 4.67. The number of likely N-dealkylation sites (tertiary alicyclic amines) is 1. The zero-order chi connectivity index (χ0) is 20.2. The number of hydrogen-bond donors (Lipinski definition) is 1. The van der Waals surface area contributed by atoms with Crippen molar-refractivity contribution in [2.75, 3.05) is 19.6 Å². The molecule has 3 heterocycles. The van der Waals surface area contributed by atoms with Gasteiger partial charge in [0.2, 0.25) is 0 Å². The minimum absolute atomic E-state index is 0.0412. The van der Waals surface area contributed by atoms with Gasteiger partial charge < -0.3 is 9.88 Å². The number of nitrogens with zero attached hydrogens (tertiary/aromatic N) is 3. The molecule has 1 atom stereocenters. The maximum atomic E-state index is 13.0. The van der Waals surface area contributed by atoms with E-state index in [1.807, 2.05) is 24.3 Å². The molecular weight excluding hydrogens is 384 g/mol. The summed E-state index contributed by atoms with van der Waals surface area (Å²) >= 11 is 6.06. The summed E-state index contributed by atoms with van der Waals surface area (Å²) < 4.78 is 2.25. The van der Waals surface area contributed by atoms with Crippen molar-refractivity contribution in [1.82, 2.24) is 19.8 Å². The van der Waals surface area contributed by atoms with Crippen molar-refractivity contribution in [1.29, 1.82) is 0 Å². The lowest BCUT2D eigenvalue weighted by Crippen LogP contribution is -2.42. The van der Waals surface area contributed by atoms with Crippen LogP contribution in [0.2, 0.25) is 5.02 Å². The molecule has 2 aliphatic rings. The monoisotopic (exact) mass is 414 g/mol. The van der Waals surface area contributed by atoms with Crippen molar-refractivity contribution in [3.63, 3.8) is 0 Å². The van der Waals surface area contributed by atoms with Crippen molar-refractivity contribution < 1.29 is 4.79 Å². The van der Waals surface area contributed by atoms with Crippen LogP contribution in [0.5, 0.6) is 0 Å². The third-order valence-electron chi connectivity index (χ3n) is 6.31. The highest BCUT2D eigenvalue weighted by molar-refractivity contribution is 6.30. The Balaban J connectivity index is 1.51. The van der Waals surface area contributed by atoms with Crippen LogP contribution in [0.15, 0.2) is 24.3 Å². The number of carbonyl (C=O) groups excluding carboxylic acids is 1. The van der Waals surface area contributed by atoms with Gasteiger partial charge in [-0.25, -0.2) is 4.98 Å². The number of carbonyl (C=O) groups is 1. The first-order valence-electron chi connectivity index (χ1n) is 11.0. The number of rotatable bonds is 5. The van der Waals surface area contributed by atoms with Crippen LogP contribution < -0.4 is 5.32 Å². The van der Waals surface area contributed by atoms with Crippen molar-refractivity contribution in [3.8, 4) is 11.4 Å². The molecule has 1 aromatic heterocycles. The second-order valence-electron chi connectivity index (χ2n) is 8.34. The molecule has 0 aliphatic carbocycles. The summed E-state index contributed by atoms with van der Waals surface area (Å²) in [5.74, 6) is 0.842. The Hall–Kier alpha value is -1.85. The zero-order valence-corrected chi connectivity index (χ0v) is 18.0. The van der Waals surface area contributed by atoms with E-state index in [0.29, 0.717) is 23.3 Å². The molecule has 5 nitrogen and oxygen atoms in total. The lowest BCUT2D eigenvalue weighted by Gasteiger charge is -2.33. The van der Waals surface area contributed by atoms with E-state index in [0.717, 1.165) is 56.0 Å². The highest BCUT2D eigenvalue weighted by Gasteiger charge is 2.24. The molecule has 2 aromatic rings. The highest BCUT2D eigenvalue weighted by atomic mass is 35.5. The fraction of sp³-hybridized carbons (Fsp3) is 0.565. The summed E-state index contributed by atoms with van der Waals surface area (Å²) in [6, 6.07) is 8.36. The molecule has 1 amide bonds. The normalized spacial score (nSPS) is 20.1. The number of piperidine rings is 1. The lowest BCUT2D eigenvalue weighted by atomic mass is 10.0. The maximum absolute atomic E-state index is 13.0. The van der Waals surface area contributed by atoms with Crippen molar-refractivity contribution in [2.24, 2.45) is 0 Å². The van der Waals surface area contributed by atoms with E-state index >= 15 is 0 Å². The van der Waals surface area contributed by atoms with Gasteiger partial charge in [-0.15, -0.1) is 0 Å². The molecule has 6 heteroatoms. The van der Waals surface area contributed by atoms with Crippen molar-refractivity contribution in [2.45, 2.75) is 64.5 Å². The second-order valence-corrected chi connectivity index (χ2v) is 8.77. The average molecular weight is 415 g/mol. The number of hydrogen-bond acceptors (Lipinski definition) is 3. The summed E-state index contributed by atoms with van der Waals surface area (Å²) in [4.78, 5) is 20.3. The summed E-state index contributed by atoms with van der Waals surface area (Å²) in [7, 11) is 0. The first kappa shape index (κ1) is 20.4. The van der Waals surface area contributed by atoms with Crippen molar-refractivity contribution >= 4 is 17.5 Å². The molecule has 4 rings (SSSR count). The summed E-state index contributed by atoms with van der Waals surface area (Å²) in [6.07, 6.45) is 8.17. The number of aromatic nitrogens is 2. The quantitative estimate of drug-likeness (QED) is 0.781. The van der Waals surface area contributed by atoms with Crippen molar-refractivity contribution in [3.05, 3.63) is 40.7 Å². The summed E-state index contributed by atoms with van der Waals surface area (Å²) in [6.45, 7) is 5.92. The van der Waals surface area contributed by atoms with Gasteiger partial charge in [-0.3, -0.25) is 9.69 Å². The third-order valence-corrected chi connectivity index (χ3v) is 6.56. The van der Waals surface area contributed by atoms with Gasteiger partial charge in [0.25, 0.3) is 5.91 Å². The van der Waals surface area contributed by atoms with Gasteiger partial charge in [0, 0.05) is 36.3 Å². The molecule has 0 bridgehead atoms. The number of imidazole rings is 1. The number of benzene rings is 1. The first-order valence-corrected chi connectivity index (χ1v) is 11.4. The van der Waals surface area contributed by atoms with Gasteiger partial charge in [-0.2, -0.15) is 0 Å². The molecular formula is C23H31ClN4O. The fourth-order valence-corrected chi connectivity index (χ4v) is 4.73. The van der Waals surface area contributed by atoms with E-state index < -0.39 is 0 Å². The van der Waals surface area contributed by atoms with Gasteiger partial charge in [-0.1, -0.05) is 24.4 Å². The smallest absolute Gasteiger partial charge is 0.271 e. The van der Waals surface area contributed by atoms with E-state index in [9.17, 15) is 4.79 Å². The molecule has 2 aliphatic heterocycles. The summed E-state index contributed by atoms with van der Waals surface area (Å²) in [5, 5.41) is 3.84. The molecule has 156 valence electrons. The van der Waals surface area contributed by atoms with E-state index in [1.54, 1.807) is 0 Å². The minimum Gasteiger partial charge on any atom is -0.349 e. The first-order chi connectivity index (χ1) is 14.1. The number of fused-ring (bicyclic) bond motifs is 1. The molecule has 1 saturated heterocycles. The van der Waals surface area contributed by atoms with Gasteiger partial charge in [-0.05, 0) is 69.8 Å². The maximum Gasteiger partial charge on any atom is 0.271 e. The van der Waals surface area contributed by atoms with Crippen LogP contribution in [-0.4, -0.2) is 46.0 Å². The van der Waals surface area contributed by atoms with Gasteiger partial charge in [0.05, 0.1) is 5.69 Å². The molecule has 0 spiro atoms. The van der Waals surface area contributed by atoms with Crippen LogP contribution in [-0.2, 0) is 13.0 Å². The zero-order valence-electron chi connectivity index (χ0n) is 17.3. The lowest BCUT2D eigenvalue weighted by molar-refractivity contribution is 0.0933. The number of halogens is 1. The highest BCUT2D eigenvalue weighted by Crippen LogP contribution is 2.28. The Morgan fingerprint density at radius 3 is 2.72 bits per heavy atom. The van der Waals surface area contributed by atoms with E-state index in [1.165, 1.54) is 25.7 Å². The van der Waals surface area contributed by atoms with Crippen LogP contribution in [0.4, 0.5) is 0 Å². The van der Waals surface area contributed by atoms with Gasteiger partial charge >= 0.3 is 0 Å². The predicted octanol–water partition coefficient (Wildman–Crippen LogP) is 4.53. The predicted molar refractivity (Wildman–Crippen MR) is 117 cm³/mol. The molecule has 1 aromatic carbocycles. The average Bonchev–Trinajstić information content (AvgIpc) is 2.91. The summed E-state index contributed by atoms with van der Waals surface area (Å²) in [5.41, 5.74) is 2.69. The van der Waals surface area contributed by atoms with E-state index in [4.69, 9.17) is 16.6 Å². The Bertz CT molecular complexity index is 845. The van der Waals surface area contributed by atoms with Crippen LogP contribution in [0.1, 0.15) is 61.6 Å². The van der Waals surface area contributed by atoms with Gasteiger partial charge in [0.15, 0.2) is 0 Å². The molecule has 1 fully saturated rings. The standard InChI is InChI=1S/C23H31ClN4O/c1-17-7-4-6-14-27(17)16-13-25-23(29)21-20-8-3-2-5-15-28(20)22(26-21)18-9-11-19(24)12-10-18/h9-12,17H,2-8,13-16H2,1H3,(H,25,29)/t17-/m0/s1. The molecule has 1 N–H and O–H groups in total. The molecule has 0 radical (unpaired) electrons. The van der Waals surface area contributed by atoms with Crippen LogP contribution in [0.25, 0.3) is 11.4 Å². The number of nitrogens with one attached hydrogen (secondary N) is 1. The Morgan fingerprint density at radius 2 is 1.93 bits per heavy atom. The van der Waals surface area contributed by atoms with E-state index in [2.05, 4.69) is 21.7 Å². The topological polar surface area (TPSA) is 50.2 Å². The second kappa shape index (κ2) is 9.31. The largest absolute Gasteiger partial charge is 0.349 e. The SMILES string of the molecule is C[C@H]1CCCCN1CCNC(=O)c1nc(-c2ccc(Cl)cc2)n2c1CCCCC2. The molecule has 0 unspecified atom stereocenters. The fourth-order valence-electron chi connectivity index (χ4n) is 4.61. The van der Waals surface area contributed by atoms with Crippen LogP contribution >= 0.6 is 11.6 Å². The Labute approximate surface area is 178 Å². The minimum atomic E-state index is -0.0412. The molecule has 29 heavy (non-hydrogen) atoms. The number of amides is 1. The molecule has 0 saturated carbocycles. The van der Waals surface area contributed by atoms with Crippen LogP contribution in [0, 0.1) is 0 Å². The van der Waals surface area contributed by atoms with Gasteiger partial charge in [0.1, 0.15) is 11.5 Å². The van der Waals surface area contributed by atoms with E-state index in [-0.39, 0.29) is 5.91 Å².